The number of rotatable bonds is 8. The molecule has 8 heteroatoms. The lowest BCUT2D eigenvalue weighted by molar-refractivity contribution is 1.08. The highest BCUT2D eigenvalue weighted by Gasteiger charge is 2.30. The van der Waals surface area contributed by atoms with Crippen LogP contribution in [0.1, 0.15) is 0 Å². The fourth-order valence-electron chi connectivity index (χ4n) is 10.5. The van der Waals surface area contributed by atoms with E-state index in [0.29, 0.717) is 0 Å². The van der Waals surface area contributed by atoms with Gasteiger partial charge in [0.1, 0.15) is 11.6 Å². The molecule has 0 atom stereocenters. The molecule has 8 nitrogen and oxygen atoms in total. The van der Waals surface area contributed by atoms with Crippen molar-refractivity contribution in [1.29, 1.82) is 0 Å². The van der Waals surface area contributed by atoms with E-state index in [9.17, 15) is 0 Å². The SMILES string of the molecule is c1ccc(-c2cc(-c3ccccc3)nc(-c3ccc4c(c3)c3cc5c(cc3n4-c3cc(-c4cccnc4)ccn3)N(c3cc(-c4cccnc4)ccn3)c3cccc4c(-c6ccccn6)ccc-5c34)c2)cc1. The van der Waals surface area contributed by atoms with Gasteiger partial charge in [0, 0.05) is 92.9 Å². The lowest BCUT2D eigenvalue weighted by Crippen LogP contribution is -2.16. The summed E-state index contributed by atoms with van der Waals surface area (Å²) in [4.78, 5) is 31.7. The third kappa shape index (κ3) is 6.92. The largest absolute Gasteiger partial charge is 0.294 e. The molecule has 6 aromatic carbocycles. The fraction of sp³-hybridized carbons (Fsp3) is 0. The van der Waals surface area contributed by atoms with Crippen molar-refractivity contribution in [3.8, 4) is 84.1 Å². The predicted molar refractivity (Wildman–Crippen MR) is 291 cm³/mol. The molecule has 1 aliphatic heterocycles. The van der Waals surface area contributed by atoms with Gasteiger partial charge >= 0.3 is 0 Å². The van der Waals surface area contributed by atoms with Crippen LogP contribution in [-0.4, -0.2) is 34.5 Å². The van der Waals surface area contributed by atoms with E-state index >= 15 is 0 Å². The molecule has 13 aromatic rings. The van der Waals surface area contributed by atoms with Crippen molar-refractivity contribution in [2.24, 2.45) is 0 Å². The first-order valence-electron chi connectivity index (χ1n) is 24.0. The van der Waals surface area contributed by atoms with Crippen LogP contribution >= 0.6 is 0 Å². The first kappa shape index (κ1) is 41.1. The maximum Gasteiger partial charge on any atom is 0.138 e. The van der Waals surface area contributed by atoms with Crippen molar-refractivity contribution < 1.29 is 0 Å². The third-order valence-electron chi connectivity index (χ3n) is 13.9. The normalized spacial score (nSPS) is 11.9. The first-order valence-corrected chi connectivity index (χ1v) is 24.0. The molecule has 7 aromatic heterocycles. The summed E-state index contributed by atoms with van der Waals surface area (Å²) in [7, 11) is 0. The van der Waals surface area contributed by atoms with Gasteiger partial charge in [-0.1, -0.05) is 109 Å². The Morgan fingerprint density at radius 2 is 0.972 bits per heavy atom. The standard InChI is InChI=1S/C64H40N8/c1-3-12-41(13-4-1)48-33-56(42-14-5-2-6-15-42)70-57(34-48)45-21-24-58-52(32-45)54-37-53-51-23-22-49(55-19-7-8-29-67-55)50-18-9-20-59(64(50)51)72(63-36-44(26-31-69-63)47-17-11-28-66-40-47)60(53)38-61(54)71(58)62-35-43(25-30-68-62)46-16-10-27-65-39-46/h1-40H. The van der Waals surface area contributed by atoms with E-state index in [2.05, 4.69) is 177 Å². The molecule has 336 valence electrons. The Bertz CT molecular complexity index is 4140. The maximum absolute atomic E-state index is 5.38. The number of aromatic nitrogens is 7. The molecule has 0 bridgehead atoms. The van der Waals surface area contributed by atoms with Gasteiger partial charge in [0.05, 0.1) is 39.5 Å². The van der Waals surface area contributed by atoms with Crippen molar-refractivity contribution in [2.75, 3.05) is 4.90 Å². The second-order valence-corrected chi connectivity index (χ2v) is 18.0. The van der Waals surface area contributed by atoms with Crippen molar-refractivity contribution in [3.63, 3.8) is 0 Å². The second kappa shape index (κ2) is 16.9. The topological polar surface area (TPSA) is 85.5 Å². The average Bonchev–Trinajstić information content (AvgIpc) is 3.78. The lowest BCUT2D eigenvalue weighted by atomic mass is 9.87. The molecular formula is C64H40N8. The molecule has 0 saturated carbocycles. The molecule has 72 heavy (non-hydrogen) atoms. The van der Waals surface area contributed by atoms with E-state index in [1.165, 1.54) is 0 Å². The zero-order valence-corrected chi connectivity index (χ0v) is 38.7. The van der Waals surface area contributed by atoms with Crippen LogP contribution in [0.2, 0.25) is 0 Å². The van der Waals surface area contributed by atoms with Crippen molar-refractivity contribution in [1.82, 2.24) is 34.5 Å². The molecule has 14 rings (SSSR count). The number of benzene rings is 6. The zero-order valence-electron chi connectivity index (χ0n) is 38.7. The van der Waals surface area contributed by atoms with Crippen LogP contribution in [0.15, 0.2) is 244 Å². The van der Waals surface area contributed by atoms with Gasteiger partial charge in [-0.05, 0) is 124 Å². The number of anilines is 3. The molecule has 0 N–H and O–H groups in total. The van der Waals surface area contributed by atoms with Crippen LogP contribution in [0.4, 0.5) is 17.2 Å². The Morgan fingerprint density at radius 1 is 0.306 bits per heavy atom. The van der Waals surface area contributed by atoms with E-state index in [0.717, 1.165) is 134 Å². The van der Waals surface area contributed by atoms with Crippen LogP contribution in [0.5, 0.6) is 0 Å². The number of hydrogen-bond donors (Lipinski definition) is 0. The summed E-state index contributed by atoms with van der Waals surface area (Å²) >= 11 is 0. The van der Waals surface area contributed by atoms with E-state index in [4.69, 9.17) is 19.9 Å². The van der Waals surface area contributed by atoms with Crippen LogP contribution in [0.3, 0.4) is 0 Å². The molecule has 0 saturated heterocycles. The van der Waals surface area contributed by atoms with Crippen LogP contribution in [0, 0.1) is 0 Å². The van der Waals surface area contributed by atoms with Gasteiger partial charge in [0.25, 0.3) is 0 Å². The Labute approximate surface area is 414 Å². The summed E-state index contributed by atoms with van der Waals surface area (Å²) in [6, 6.07) is 70.5. The highest BCUT2D eigenvalue weighted by atomic mass is 15.2. The number of nitrogens with zero attached hydrogens (tertiary/aromatic N) is 8. The number of hydrogen-bond acceptors (Lipinski definition) is 7. The minimum atomic E-state index is 0.790. The van der Waals surface area contributed by atoms with Gasteiger partial charge in [-0.25, -0.2) is 15.0 Å². The van der Waals surface area contributed by atoms with Gasteiger partial charge in [0.15, 0.2) is 0 Å². The number of pyridine rings is 6. The van der Waals surface area contributed by atoms with Crippen LogP contribution in [-0.2, 0) is 0 Å². The second-order valence-electron chi connectivity index (χ2n) is 18.0. The van der Waals surface area contributed by atoms with Crippen LogP contribution < -0.4 is 4.90 Å². The van der Waals surface area contributed by atoms with Gasteiger partial charge in [-0.2, -0.15) is 0 Å². The molecule has 0 radical (unpaired) electrons. The highest BCUT2D eigenvalue weighted by Crippen LogP contribution is 2.54. The summed E-state index contributed by atoms with van der Waals surface area (Å²) in [5, 5.41) is 4.41. The van der Waals surface area contributed by atoms with Crippen molar-refractivity contribution in [3.05, 3.63) is 244 Å². The Hall–Kier alpha value is -9.92. The first-order chi connectivity index (χ1) is 35.7. The zero-order chi connectivity index (χ0) is 47.5. The predicted octanol–water partition coefficient (Wildman–Crippen LogP) is 15.8. The van der Waals surface area contributed by atoms with Gasteiger partial charge in [0.2, 0.25) is 0 Å². The minimum absolute atomic E-state index is 0.790. The highest BCUT2D eigenvalue weighted by molar-refractivity contribution is 6.21. The molecular weight excluding hydrogens is 881 g/mol. The molecule has 1 aliphatic rings. The van der Waals surface area contributed by atoms with E-state index in [1.54, 1.807) is 12.4 Å². The smallest absolute Gasteiger partial charge is 0.138 e. The Morgan fingerprint density at radius 3 is 1.69 bits per heavy atom. The maximum atomic E-state index is 5.38. The fourth-order valence-corrected chi connectivity index (χ4v) is 10.5. The van der Waals surface area contributed by atoms with Gasteiger partial charge < -0.3 is 0 Å². The van der Waals surface area contributed by atoms with E-state index in [-0.39, 0.29) is 0 Å². The molecule has 0 unspecified atom stereocenters. The summed E-state index contributed by atoms with van der Waals surface area (Å²) in [6.45, 7) is 0. The third-order valence-corrected chi connectivity index (χ3v) is 13.9. The Balaban J connectivity index is 1.06. The lowest BCUT2D eigenvalue weighted by Gasteiger charge is -2.33. The monoisotopic (exact) mass is 920 g/mol. The molecule has 0 amide bonds. The Kier molecular flexibility index (Phi) is 9.67. The molecule has 0 spiro atoms. The van der Waals surface area contributed by atoms with E-state index in [1.807, 2.05) is 73.4 Å². The van der Waals surface area contributed by atoms with Crippen LogP contribution in [0.25, 0.3) is 117 Å². The average molecular weight is 921 g/mol. The summed E-state index contributed by atoms with van der Waals surface area (Å²) in [5.41, 5.74) is 18.4. The van der Waals surface area contributed by atoms with E-state index < -0.39 is 0 Å². The molecule has 0 fully saturated rings. The molecule has 8 heterocycles. The summed E-state index contributed by atoms with van der Waals surface area (Å²) in [5.74, 6) is 1.58. The van der Waals surface area contributed by atoms with Crippen molar-refractivity contribution >= 4 is 49.8 Å². The quantitative estimate of drug-likeness (QED) is 0.150. The molecule has 0 aliphatic carbocycles. The summed E-state index contributed by atoms with van der Waals surface area (Å²) in [6.07, 6.45) is 13.1. The van der Waals surface area contributed by atoms with Crippen molar-refractivity contribution in [2.45, 2.75) is 0 Å². The summed E-state index contributed by atoms with van der Waals surface area (Å²) < 4.78 is 2.30. The van der Waals surface area contributed by atoms with Gasteiger partial charge in [-0.3, -0.25) is 24.4 Å². The number of fused-ring (bicyclic) bond motifs is 5. The minimum Gasteiger partial charge on any atom is -0.294 e. The van der Waals surface area contributed by atoms with Gasteiger partial charge in [-0.15, -0.1) is 0 Å².